The molecule has 0 bridgehead atoms. The van der Waals surface area contributed by atoms with Crippen molar-refractivity contribution < 1.29 is 31.9 Å². The Bertz CT molecular complexity index is 2940. The number of hydrogen-bond acceptors (Lipinski definition) is 8. The lowest BCUT2D eigenvalue weighted by molar-refractivity contribution is -0.126. The van der Waals surface area contributed by atoms with Gasteiger partial charge in [-0.15, -0.1) is 0 Å². The van der Waals surface area contributed by atoms with Gasteiger partial charge in [-0.2, -0.15) is 5.26 Å². The van der Waals surface area contributed by atoms with Crippen molar-refractivity contribution in [2.45, 2.75) is 259 Å². The molecule has 5 aromatic rings. The maximum absolute atomic E-state index is 13.1. The van der Waals surface area contributed by atoms with Crippen molar-refractivity contribution in [3.05, 3.63) is 160 Å². The highest BCUT2D eigenvalue weighted by Gasteiger charge is 2.29. The molecule has 3 amide bonds. The number of anilines is 1. The number of nitriles is 1. The number of para-hydroxylation sites is 1. The molecule has 532 valence electrons. The van der Waals surface area contributed by atoms with Gasteiger partial charge in [-0.25, -0.2) is 17.1 Å². The third kappa shape index (κ3) is 38.1. The first kappa shape index (κ1) is 93.8. The molecule has 2 N–H and O–H groups in total. The number of rotatable bonds is 18. The third-order valence-corrected chi connectivity index (χ3v) is 15.2. The van der Waals surface area contributed by atoms with E-state index < -0.39 is 16.1 Å². The molecule has 94 heavy (non-hydrogen) atoms. The maximum atomic E-state index is 13.1. The number of hydrogen-bond donors (Lipinski definition) is 2. The normalized spacial score (nSPS) is 11.1. The molecule has 0 radical (unpaired) electrons. The predicted octanol–water partition coefficient (Wildman–Crippen LogP) is 21.5. The predicted molar refractivity (Wildman–Crippen MR) is 403 cm³/mol. The molecule has 0 spiro atoms. The summed E-state index contributed by atoms with van der Waals surface area (Å²) >= 11 is 0. The van der Waals surface area contributed by atoms with E-state index in [-0.39, 0.29) is 41.9 Å². The highest BCUT2D eigenvalue weighted by molar-refractivity contribution is 7.89. The molecule has 1 atom stereocenters. The van der Waals surface area contributed by atoms with Gasteiger partial charge in [-0.05, 0) is 126 Å². The lowest BCUT2D eigenvalue weighted by Crippen LogP contribution is -2.32. The fourth-order valence-electron chi connectivity index (χ4n) is 8.22. The number of halogens is 1. The van der Waals surface area contributed by atoms with Crippen molar-refractivity contribution in [3.63, 3.8) is 0 Å². The summed E-state index contributed by atoms with van der Waals surface area (Å²) in [6.45, 7) is 55.1. The van der Waals surface area contributed by atoms with Crippen LogP contribution in [0.25, 0.3) is 0 Å². The van der Waals surface area contributed by atoms with E-state index in [1.54, 1.807) is 52.3 Å². The number of carbonyl (C=O) groups is 3. The van der Waals surface area contributed by atoms with Crippen LogP contribution in [0.2, 0.25) is 0 Å². The molecule has 0 saturated heterocycles. The molecular weight excluding hydrogens is 1190 g/mol. The SMILES string of the molecule is CC(C#N)NC(=O)c1ccccc1C(C)C.CC(C)CCOc1ccccc1C(C)C.CC(C)c1cc(F)ccc1NCC(=O)N(C)C.CCC.CCC.CCC.CCC.CCC.CCN(C)S(=O)(=O)c1ccccc1C(C)C.CCN1Cc2cccc(C(C)C)c2C1=O. The van der Waals surface area contributed by atoms with Crippen LogP contribution in [0, 0.1) is 23.1 Å². The van der Waals surface area contributed by atoms with Gasteiger partial charge in [0.15, 0.2) is 0 Å². The Labute approximate surface area is 575 Å². The van der Waals surface area contributed by atoms with Crippen LogP contribution in [0.1, 0.15) is 295 Å². The Morgan fingerprint density at radius 2 is 1.04 bits per heavy atom. The number of amides is 3. The Balaban J connectivity index is -0.000000510. The number of nitrogens with one attached hydrogen (secondary N) is 2. The summed E-state index contributed by atoms with van der Waals surface area (Å²) in [7, 11) is 1.68. The van der Waals surface area contributed by atoms with E-state index >= 15 is 0 Å². The van der Waals surface area contributed by atoms with Crippen molar-refractivity contribution in [2.75, 3.05) is 52.7 Å². The number of benzene rings is 5. The number of carbonyl (C=O) groups excluding carboxylic acids is 3. The van der Waals surface area contributed by atoms with Crippen LogP contribution in [-0.4, -0.2) is 93.7 Å². The maximum Gasteiger partial charge on any atom is 0.254 e. The molecule has 0 saturated carbocycles. The van der Waals surface area contributed by atoms with E-state index in [0.29, 0.717) is 40.7 Å². The topological polar surface area (TPSA) is 152 Å². The standard InChI is InChI=1S/C14H22O.C13H19FN2O.C13H16N2O.C13H17NO.C12H19NO2S.5C3H8/c1-11(2)9-10-15-14-8-6-5-7-13(14)12(3)4;1-9(2)11-7-10(14)5-6-12(11)15-8-13(17)16(3)4;1-9(2)11-6-4-5-7-12(11)13(16)15-10(3)8-14;1-4-14-8-10-6-5-7-11(9(2)3)12(10)13(14)15;1-5-13(4)16(14,15)12-9-7-6-8-11(12)10(2)3;5*1-3-2/h5-8,11-12H,9-10H2,1-4H3;5-7,9,15H,8H2,1-4H3;4-7,9-10H,1-3H3,(H,15,16);5-7,9H,4,8H2,1-3H3;6-10H,5H2,1-4H3;5*3H2,1-2H3. The first-order valence-corrected chi connectivity index (χ1v) is 36.4. The molecule has 5 aromatic carbocycles. The van der Waals surface area contributed by atoms with Crippen molar-refractivity contribution >= 4 is 33.4 Å². The van der Waals surface area contributed by atoms with E-state index in [1.165, 1.54) is 70.1 Å². The van der Waals surface area contributed by atoms with Gasteiger partial charge in [-0.1, -0.05) is 264 Å². The summed E-state index contributed by atoms with van der Waals surface area (Å²) < 4.78 is 44.7. The van der Waals surface area contributed by atoms with Gasteiger partial charge in [0.1, 0.15) is 17.6 Å². The summed E-state index contributed by atoms with van der Waals surface area (Å²) in [4.78, 5) is 39.3. The monoisotopic (exact) mass is 1320 g/mol. The molecule has 0 aromatic heterocycles. The highest BCUT2D eigenvalue weighted by atomic mass is 32.2. The van der Waals surface area contributed by atoms with Crippen LogP contribution < -0.4 is 15.4 Å². The van der Waals surface area contributed by atoms with Crippen LogP contribution in [0.15, 0.2) is 114 Å². The molecule has 1 heterocycles. The molecule has 0 aliphatic carbocycles. The zero-order valence-electron chi connectivity index (χ0n) is 64.2. The minimum atomic E-state index is -3.33. The van der Waals surface area contributed by atoms with Crippen molar-refractivity contribution in [2.24, 2.45) is 5.92 Å². The van der Waals surface area contributed by atoms with Gasteiger partial charge in [-0.3, -0.25) is 14.4 Å². The van der Waals surface area contributed by atoms with Crippen LogP contribution in [0.4, 0.5) is 10.1 Å². The minimum absolute atomic E-state index is 0.0102. The second-order valence-corrected chi connectivity index (χ2v) is 27.3. The largest absolute Gasteiger partial charge is 0.493 e. The van der Waals surface area contributed by atoms with E-state index in [0.717, 1.165) is 59.8 Å². The van der Waals surface area contributed by atoms with Gasteiger partial charge >= 0.3 is 0 Å². The molecule has 12 nitrogen and oxygen atoms in total. The van der Waals surface area contributed by atoms with Crippen LogP contribution in [0.3, 0.4) is 0 Å². The van der Waals surface area contributed by atoms with Gasteiger partial charge in [0, 0.05) is 57.6 Å². The average Bonchev–Trinajstić information content (AvgIpc) is 1.54. The fourth-order valence-corrected chi connectivity index (χ4v) is 9.75. The number of fused-ring (bicyclic) bond motifs is 1. The Hall–Kier alpha value is -6.56. The van der Waals surface area contributed by atoms with E-state index in [1.807, 2.05) is 103 Å². The van der Waals surface area contributed by atoms with Crippen molar-refractivity contribution in [1.29, 1.82) is 5.26 Å². The average molecular weight is 1330 g/mol. The number of nitrogens with zero attached hydrogens (tertiary/aromatic N) is 4. The molecule has 1 aliphatic heterocycles. The van der Waals surface area contributed by atoms with Crippen LogP contribution in [-0.2, 0) is 21.4 Å². The van der Waals surface area contributed by atoms with E-state index in [9.17, 15) is 27.2 Å². The Morgan fingerprint density at radius 3 is 1.49 bits per heavy atom. The Morgan fingerprint density at radius 1 is 0.596 bits per heavy atom. The number of sulfonamides is 1. The second kappa shape index (κ2) is 54.7. The second-order valence-electron chi connectivity index (χ2n) is 25.3. The molecule has 1 unspecified atom stereocenters. The summed E-state index contributed by atoms with van der Waals surface area (Å²) in [5.41, 5.74) is 8.87. The first-order chi connectivity index (χ1) is 44.2. The van der Waals surface area contributed by atoms with Crippen molar-refractivity contribution in [1.82, 2.24) is 19.4 Å². The minimum Gasteiger partial charge on any atom is -0.493 e. The zero-order chi connectivity index (χ0) is 73.3. The van der Waals surface area contributed by atoms with Gasteiger partial charge in [0.05, 0.1) is 24.1 Å². The van der Waals surface area contributed by atoms with Gasteiger partial charge in [0.25, 0.3) is 11.8 Å². The molecule has 0 fully saturated rings. The first-order valence-electron chi connectivity index (χ1n) is 34.9. The van der Waals surface area contributed by atoms with Crippen LogP contribution >= 0.6 is 0 Å². The zero-order valence-corrected chi connectivity index (χ0v) is 65.1. The summed E-state index contributed by atoms with van der Waals surface area (Å²) in [5.74, 6) is 3.17. The van der Waals surface area contributed by atoms with Crippen molar-refractivity contribution in [3.8, 4) is 11.8 Å². The quantitative estimate of drug-likeness (QED) is 0.0880. The third-order valence-electron chi connectivity index (χ3n) is 13.2. The summed E-state index contributed by atoms with van der Waals surface area (Å²) in [5, 5.41) is 14.3. The summed E-state index contributed by atoms with van der Waals surface area (Å²) in [6, 6.07) is 35.3. The Kier molecular flexibility index (Phi) is 54.6. The molecule has 14 heteroatoms. The molecule has 1 aliphatic rings. The van der Waals surface area contributed by atoms with Gasteiger partial charge < -0.3 is 25.2 Å². The molecular formula is C80H133FN6O6S. The highest BCUT2D eigenvalue weighted by Crippen LogP contribution is 2.31. The van der Waals surface area contributed by atoms with Crippen LogP contribution in [0.5, 0.6) is 5.75 Å². The van der Waals surface area contributed by atoms with Gasteiger partial charge in [0.2, 0.25) is 15.9 Å². The number of likely N-dealkylation sites (N-methyl/N-ethyl adjacent to an activating group) is 1. The van der Waals surface area contributed by atoms with E-state index in [2.05, 4.69) is 158 Å². The molecule has 6 rings (SSSR count). The number of ether oxygens (including phenoxy) is 1. The lowest BCUT2D eigenvalue weighted by Gasteiger charge is -2.18. The smallest absolute Gasteiger partial charge is 0.254 e. The lowest BCUT2D eigenvalue weighted by atomic mass is 9.95. The van der Waals surface area contributed by atoms with E-state index in [4.69, 9.17) is 10.00 Å². The summed E-state index contributed by atoms with van der Waals surface area (Å²) in [6.07, 6.45) is 7.37. The fraction of sp³-hybridized carbons (Fsp3) is 0.575.